The monoisotopic (exact) mass is 174 g/mol. The molecule has 74 valence electrons. The lowest BCUT2D eigenvalue weighted by molar-refractivity contribution is 0.0963. The van der Waals surface area contributed by atoms with Crippen LogP contribution in [0.15, 0.2) is 0 Å². The van der Waals surface area contributed by atoms with E-state index >= 15 is 0 Å². The molecule has 0 spiro atoms. The van der Waals surface area contributed by atoms with E-state index in [0.29, 0.717) is 12.5 Å². The lowest BCUT2D eigenvalue weighted by atomic mass is 10.2. The molecule has 3 heteroatoms. The highest BCUT2D eigenvalue weighted by molar-refractivity contribution is 4.60. The minimum absolute atomic E-state index is 0.160. The van der Waals surface area contributed by atoms with Crippen LogP contribution in [0.4, 0.5) is 0 Å². The van der Waals surface area contributed by atoms with Gasteiger partial charge in [-0.1, -0.05) is 13.8 Å². The van der Waals surface area contributed by atoms with E-state index in [9.17, 15) is 0 Å². The van der Waals surface area contributed by atoms with Gasteiger partial charge in [-0.15, -0.1) is 0 Å². The zero-order chi connectivity index (χ0) is 9.40. The van der Waals surface area contributed by atoms with Gasteiger partial charge in [0.25, 0.3) is 0 Å². The maximum absolute atomic E-state index is 5.77. The summed E-state index contributed by atoms with van der Waals surface area (Å²) < 4.78 is 5.39. The molecule has 1 unspecified atom stereocenters. The van der Waals surface area contributed by atoms with Crippen molar-refractivity contribution < 1.29 is 4.74 Å². The van der Waals surface area contributed by atoms with Crippen LogP contribution in [0, 0.1) is 5.92 Å². The molecule has 0 amide bonds. The molecule has 0 aliphatic carbocycles. The van der Waals surface area contributed by atoms with Crippen molar-refractivity contribution in [2.45, 2.75) is 32.7 Å². The predicted molar refractivity (Wildman–Crippen MR) is 51.9 cm³/mol. The Morgan fingerprint density at radius 1 is 1.25 bits per heavy atom. The van der Waals surface area contributed by atoms with Crippen LogP contribution in [0.1, 0.15) is 26.7 Å². The highest BCUT2D eigenvalue weighted by atomic mass is 16.5. The Hall–Kier alpha value is -0.120. The maximum atomic E-state index is 5.77. The first kappa shape index (κ1) is 11.9. The molecule has 0 saturated carbocycles. The quantitative estimate of drug-likeness (QED) is 0.598. The molecule has 0 aliphatic rings. The number of hydrogen-bond donors (Lipinski definition) is 2. The Morgan fingerprint density at radius 2 is 1.92 bits per heavy atom. The van der Waals surface area contributed by atoms with Crippen LogP contribution in [0.2, 0.25) is 0 Å². The topological polar surface area (TPSA) is 61.3 Å². The third-order valence-electron chi connectivity index (χ3n) is 1.56. The Morgan fingerprint density at radius 3 is 2.42 bits per heavy atom. The van der Waals surface area contributed by atoms with E-state index < -0.39 is 0 Å². The van der Waals surface area contributed by atoms with Crippen LogP contribution in [0.3, 0.4) is 0 Å². The zero-order valence-corrected chi connectivity index (χ0v) is 8.25. The van der Waals surface area contributed by atoms with Gasteiger partial charge in [0.2, 0.25) is 0 Å². The number of rotatable bonds is 7. The fourth-order valence-electron chi connectivity index (χ4n) is 0.918. The second-order valence-electron chi connectivity index (χ2n) is 3.62. The average Bonchev–Trinajstić information content (AvgIpc) is 2.00. The summed E-state index contributed by atoms with van der Waals surface area (Å²) in [5.74, 6) is 0.590. The van der Waals surface area contributed by atoms with Gasteiger partial charge in [-0.2, -0.15) is 0 Å². The van der Waals surface area contributed by atoms with Gasteiger partial charge >= 0.3 is 0 Å². The van der Waals surface area contributed by atoms with E-state index in [1.165, 1.54) is 0 Å². The molecule has 0 saturated heterocycles. The van der Waals surface area contributed by atoms with E-state index in [1.54, 1.807) is 0 Å². The largest absolute Gasteiger partial charge is 0.380 e. The fourth-order valence-corrected chi connectivity index (χ4v) is 0.918. The second-order valence-corrected chi connectivity index (χ2v) is 3.62. The Labute approximate surface area is 75.5 Å². The molecule has 0 rings (SSSR count). The molecule has 0 aliphatic heterocycles. The summed E-state index contributed by atoms with van der Waals surface area (Å²) in [6, 6.07) is 0.160. The van der Waals surface area contributed by atoms with Crippen molar-refractivity contribution in [1.29, 1.82) is 0 Å². The average molecular weight is 174 g/mol. The first-order chi connectivity index (χ1) is 5.66. The van der Waals surface area contributed by atoms with Gasteiger partial charge in [0.1, 0.15) is 0 Å². The summed E-state index contributed by atoms with van der Waals surface area (Å²) in [7, 11) is 0. The molecule has 1 atom stereocenters. The molecule has 0 bridgehead atoms. The van der Waals surface area contributed by atoms with Gasteiger partial charge in [0.05, 0.1) is 6.61 Å². The van der Waals surface area contributed by atoms with E-state index in [2.05, 4.69) is 13.8 Å². The van der Waals surface area contributed by atoms with E-state index in [0.717, 1.165) is 26.0 Å². The molecule has 0 fully saturated rings. The van der Waals surface area contributed by atoms with Gasteiger partial charge in [0.15, 0.2) is 0 Å². The molecule has 0 radical (unpaired) electrons. The number of nitrogens with two attached hydrogens (primary N) is 2. The Kier molecular flexibility index (Phi) is 7.45. The van der Waals surface area contributed by atoms with Crippen molar-refractivity contribution in [1.82, 2.24) is 0 Å². The van der Waals surface area contributed by atoms with Crippen LogP contribution < -0.4 is 11.5 Å². The van der Waals surface area contributed by atoms with Gasteiger partial charge in [-0.05, 0) is 25.3 Å². The summed E-state index contributed by atoms with van der Waals surface area (Å²) in [6.07, 6.45) is 1.96. The van der Waals surface area contributed by atoms with Gasteiger partial charge in [0, 0.05) is 12.6 Å². The summed E-state index contributed by atoms with van der Waals surface area (Å²) >= 11 is 0. The first-order valence-corrected chi connectivity index (χ1v) is 4.70. The van der Waals surface area contributed by atoms with Crippen molar-refractivity contribution in [3.05, 3.63) is 0 Å². The van der Waals surface area contributed by atoms with Crippen molar-refractivity contribution >= 4 is 0 Å². The summed E-state index contributed by atoms with van der Waals surface area (Å²) in [5, 5.41) is 0. The lowest BCUT2D eigenvalue weighted by Crippen LogP contribution is -2.27. The van der Waals surface area contributed by atoms with Crippen molar-refractivity contribution in [3.8, 4) is 0 Å². The lowest BCUT2D eigenvalue weighted by Gasteiger charge is -2.12. The summed E-state index contributed by atoms with van der Waals surface area (Å²) in [4.78, 5) is 0. The number of ether oxygens (including phenoxy) is 1. The van der Waals surface area contributed by atoms with Gasteiger partial charge in [-0.3, -0.25) is 0 Å². The third-order valence-corrected chi connectivity index (χ3v) is 1.56. The third kappa shape index (κ3) is 7.98. The van der Waals surface area contributed by atoms with Crippen LogP contribution in [0.5, 0.6) is 0 Å². The molecule has 4 N–H and O–H groups in total. The van der Waals surface area contributed by atoms with Gasteiger partial charge in [-0.25, -0.2) is 0 Å². The van der Waals surface area contributed by atoms with Crippen LogP contribution in [0.25, 0.3) is 0 Å². The molecule has 0 heterocycles. The Balaban J connectivity index is 3.13. The van der Waals surface area contributed by atoms with Crippen molar-refractivity contribution in [3.63, 3.8) is 0 Å². The number of hydrogen-bond acceptors (Lipinski definition) is 3. The van der Waals surface area contributed by atoms with Crippen LogP contribution >= 0.6 is 0 Å². The smallest absolute Gasteiger partial charge is 0.0617 e. The maximum Gasteiger partial charge on any atom is 0.0617 e. The molecule has 3 nitrogen and oxygen atoms in total. The highest BCUT2D eigenvalue weighted by Gasteiger charge is 2.02. The van der Waals surface area contributed by atoms with Crippen molar-refractivity contribution in [2.24, 2.45) is 17.4 Å². The van der Waals surface area contributed by atoms with Crippen LogP contribution in [-0.2, 0) is 4.74 Å². The second kappa shape index (κ2) is 7.53. The molecule has 0 aromatic rings. The molecule has 0 aromatic carbocycles. The van der Waals surface area contributed by atoms with E-state index in [4.69, 9.17) is 16.2 Å². The fraction of sp³-hybridized carbons (Fsp3) is 1.00. The van der Waals surface area contributed by atoms with E-state index in [-0.39, 0.29) is 6.04 Å². The highest BCUT2D eigenvalue weighted by Crippen LogP contribution is 1.96. The molecule has 0 aromatic heterocycles. The molecular formula is C9H22N2O. The summed E-state index contributed by atoms with van der Waals surface area (Å²) in [6.45, 7) is 6.45. The van der Waals surface area contributed by atoms with E-state index in [1.807, 2.05) is 0 Å². The minimum Gasteiger partial charge on any atom is -0.380 e. The standard InChI is InChI=1S/C9H22N2O/c1-8(2)6-12-7-9(11)4-3-5-10/h8-9H,3-7,10-11H2,1-2H3. The Bertz CT molecular complexity index is 96.5. The molecular weight excluding hydrogens is 152 g/mol. The SMILES string of the molecule is CC(C)COCC(N)CCCN. The zero-order valence-electron chi connectivity index (χ0n) is 8.25. The van der Waals surface area contributed by atoms with Crippen LogP contribution in [-0.4, -0.2) is 25.8 Å². The summed E-state index contributed by atoms with van der Waals surface area (Å²) in [5.41, 5.74) is 11.1. The van der Waals surface area contributed by atoms with Gasteiger partial charge < -0.3 is 16.2 Å². The molecule has 12 heavy (non-hydrogen) atoms. The first-order valence-electron chi connectivity index (χ1n) is 4.70. The normalized spacial score (nSPS) is 13.8. The minimum atomic E-state index is 0.160. The predicted octanol–water partition coefficient (Wildman–Crippen LogP) is 0.725. The van der Waals surface area contributed by atoms with Crippen molar-refractivity contribution in [2.75, 3.05) is 19.8 Å².